The van der Waals surface area contributed by atoms with E-state index in [2.05, 4.69) is 24.1 Å². The summed E-state index contributed by atoms with van der Waals surface area (Å²) < 4.78 is 15.8. The molecule has 1 heterocycles. The molecule has 104 valence electrons. The Kier molecular flexibility index (Phi) is 4.49. The van der Waals surface area contributed by atoms with Crippen molar-refractivity contribution in [1.82, 2.24) is 14.9 Å². The van der Waals surface area contributed by atoms with Crippen LogP contribution in [0, 0.1) is 17.1 Å². The molecule has 0 saturated heterocycles. The third-order valence-electron chi connectivity index (χ3n) is 2.99. The molecule has 0 bridgehead atoms. The molecule has 5 heteroatoms. The summed E-state index contributed by atoms with van der Waals surface area (Å²) >= 11 is 0. The van der Waals surface area contributed by atoms with E-state index in [1.807, 2.05) is 16.8 Å². The predicted octanol–water partition coefficient (Wildman–Crippen LogP) is 2.44. The summed E-state index contributed by atoms with van der Waals surface area (Å²) in [4.78, 5) is 4.27. The molecule has 0 amide bonds. The van der Waals surface area contributed by atoms with Crippen molar-refractivity contribution < 1.29 is 4.39 Å². The number of benzene rings is 1. The zero-order chi connectivity index (χ0) is 14.5. The Morgan fingerprint density at radius 2 is 2.25 bits per heavy atom. The number of rotatable bonds is 5. The van der Waals surface area contributed by atoms with Crippen LogP contribution in [0.2, 0.25) is 0 Å². The molecule has 0 spiro atoms. The van der Waals surface area contributed by atoms with E-state index in [0.29, 0.717) is 30.3 Å². The second kappa shape index (κ2) is 6.31. The molecule has 4 nitrogen and oxygen atoms in total. The zero-order valence-electron chi connectivity index (χ0n) is 11.6. The Hall–Kier alpha value is -2.19. The SMILES string of the molecule is CC(C)NCc1nccn1Cc1ccc(C#N)cc1F. The normalized spacial score (nSPS) is 10.8. The molecular weight excluding hydrogens is 255 g/mol. The number of nitrogens with one attached hydrogen (secondary N) is 1. The lowest BCUT2D eigenvalue weighted by Crippen LogP contribution is -2.24. The van der Waals surface area contributed by atoms with Gasteiger partial charge in [-0.05, 0) is 12.1 Å². The van der Waals surface area contributed by atoms with Gasteiger partial charge in [-0.3, -0.25) is 0 Å². The zero-order valence-corrected chi connectivity index (χ0v) is 11.6. The number of hydrogen-bond donors (Lipinski definition) is 1. The second-order valence-corrected chi connectivity index (χ2v) is 4.92. The van der Waals surface area contributed by atoms with Gasteiger partial charge in [0.2, 0.25) is 0 Å². The van der Waals surface area contributed by atoms with Crippen LogP contribution in [0.3, 0.4) is 0 Å². The van der Waals surface area contributed by atoms with Gasteiger partial charge in [-0.15, -0.1) is 0 Å². The van der Waals surface area contributed by atoms with Gasteiger partial charge in [-0.1, -0.05) is 19.9 Å². The highest BCUT2D eigenvalue weighted by Crippen LogP contribution is 2.12. The molecule has 2 rings (SSSR count). The van der Waals surface area contributed by atoms with Crippen LogP contribution < -0.4 is 5.32 Å². The van der Waals surface area contributed by atoms with Crippen molar-refractivity contribution in [3.05, 3.63) is 53.4 Å². The Morgan fingerprint density at radius 3 is 2.90 bits per heavy atom. The van der Waals surface area contributed by atoms with Crippen molar-refractivity contribution in [3.8, 4) is 6.07 Å². The highest BCUT2D eigenvalue weighted by atomic mass is 19.1. The summed E-state index contributed by atoms with van der Waals surface area (Å²) in [5.74, 6) is 0.503. The molecule has 0 atom stereocenters. The van der Waals surface area contributed by atoms with Crippen LogP contribution in [-0.4, -0.2) is 15.6 Å². The number of nitrogens with zero attached hydrogens (tertiary/aromatic N) is 3. The maximum atomic E-state index is 13.9. The van der Waals surface area contributed by atoms with Crippen molar-refractivity contribution >= 4 is 0 Å². The third kappa shape index (κ3) is 3.43. The highest BCUT2D eigenvalue weighted by Gasteiger charge is 2.08. The third-order valence-corrected chi connectivity index (χ3v) is 2.99. The molecule has 2 aromatic rings. The van der Waals surface area contributed by atoms with Gasteiger partial charge in [0, 0.05) is 24.0 Å². The standard InChI is InChI=1S/C15H17FN4/c1-11(2)19-9-15-18-5-6-20(15)10-13-4-3-12(8-17)7-14(13)16/h3-7,11,19H,9-10H2,1-2H3. The van der Waals surface area contributed by atoms with E-state index in [4.69, 9.17) is 5.26 Å². The summed E-state index contributed by atoms with van der Waals surface area (Å²) in [6, 6.07) is 6.83. The van der Waals surface area contributed by atoms with Gasteiger partial charge in [0.1, 0.15) is 11.6 Å². The van der Waals surface area contributed by atoms with E-state index in [-0.39, 0.29) is 5.82 Å². The molecule has 20 heavy (non-hydrogen) atoms. The van der Waals surface area contributed by atoms with Gasteiger partial charge in [0.25, 0.3) is 0 Å². The van der Waals surface area contributed by atoms with Crippen molar-refractivity contribution in [1.29, 1.82) is 5.26 Å². The van der Waals surface area contributed by atoms with Gasteiger partial charge < -0.3 is 9.88 Å². The largest absolute Gasteiger partial charge is 0.329 e. The first-order valence-corrected chi connectivity index (χ1v) is 6.52. The first-order valence-electron chi connectivity index (χ1n) is 6.52. The van der Waals surface area contributed by atoms with Crippen LogP contribution in [0.25, 0.3) is 0 Å². The summed E-state index contributed by atoms with van der Waals surface area (Å²) in [6.07, 6.45) is 3.54. The smallest absolute Gasteiger partial charge is 0.129 e. The molecule has 0 unspecified atom stereocenters. The quantitative estimate of drug-likeness (QED) is 0.909. The minimum absolute atomic E-state index is 0.332. The van der Waals surface area contributed by atoms with E-state index in [1.165, 1.54) is 6.07 Å². The lowest BCUT2D eigenvalue weighted by atomic mass is 10.1. The molecule has 0 aliphatic rings. The lowest BCUT2D eigenvalue weighted by Gasteiger charge is -2.11. The van der Waals surface area contributed by atoms with Crippen LogP contribution in [0.15, 0.2) is 30.6 Å². The average molecular weight is 272 g/mol. The van der Waals surface area contributed by atoms with Crippen molar-refractivity contribution in [2.75, 3.05) is 0 Å². The molecule has 0 aliphatic heterocycles. The van der Waals surface area contributed by atoms with E-state index in [0.717, 1.165) is 5.82 Å². The number of aromatic nitrogens is 2. The van der Waals surface area contributed by atoms with Crippen LogP contribution in [0.5, 0.6) is 0 Å². The molecule has 0 radical (unpaired) electrons. The van der Waals surface area contributed by atoms with Gasteiger partial charge in [-0.2, -0.15) is 5.26 Å². The van der Waals surface area contributed by atoms with E-state index in [1.54, 1.807) is 18.3 Å². The number of hydrogen-bond acceptors (Lipinski definition) is 3. The van der Waals surface area contributed by atoms with Gasteiger partial charge >= 0.3 is 0 Å². The van der Waals surface area contributed by atoms with Crippen molar-refractivity contribution in [2.45, 2.75) is 33.0 Å². The summed E-state index contributed by atoms with van der Waals surface area (Å²) in [5, 5.41) is 12.0. The fraction of sp³-hybridized carbons (Fsp3) is 0.333. The van der Waals surface area contributed by atoms with Crippen molar-refractivity contribution in [2.24, 2.45) is 0 Å². The average Bonchev–Trinajstić information content (AvgIpc) is 2.86. The maximum absolute atomic E-state index is 13.9. The van der Waals surface area contributed by atoms with E-state index < -0.39 is 0 Å². The monoisotopic (exact) mass is 272 g/mol. The van der Waals surface area contributed by atoms with Crippen LogP contribution in [0.4, 0.5) is 4.39 Å². The molecular formula is C15H17FN4. The number of halogens is 1. The molecule has 1 aromatic carbocycles. The van der Waals surface area contributed by atoms with E-state index >= 15 is 0 Å². The first kappa shape index (κ1) is 14.2. The number of imidazole rings is 1. The van der Waals surface area contributed by atoms with E-state index in [9.17, 15) is 4.39 Å². The minimum Gasteiger partial charge on any atom is -0.329 e. The Labute approximate surface area is 117 Å². The van der Waals surface area contributed by atoms with Crippen LogP contribution in [-0.2, 0) is 13.1 Å². The maximum Gasteiger partial charge on any atom is 0.129 e. The van der Waals surface area contributed by atoms with Crippen LogP contribution >= 0.6 is 0 Å². The summed E-state index contributed by atoms with van der Waals surface area (Å²) in [6.45, 7) is 5.18. The molecule has 1 aromatic heterocycles. The topological polar surface area (TPSA) is 53.6 Å². The Morgan fingerprint density at radius 1 is 1.45 bits per heavy atom. The highest BCUT2D eigenvalue weighted by molar-refractivity contribution is 5.33. The van der Waals surface area contributed by atoms with Gasteiger partial charge in [0.05, 0.1) is 24.7 Å². The lowest BCUT2D eigenvalue weighted by molar-refractivity contribution is 0.547. The number of nitriles is 1. The Bertz CT molecular complexity index is 625. The van der Waals surface area contributed by atoms with Crippen molar-refractivity contribution in [3.63, 3.8) is 0 Å². The Balaban J connectivity index is 2.14. The fourth-order valence-corrected chi connectivity index (χ4v) is 1.88. The predicted molar refractivity (Wildman–Crippen MR) is 74.4 cm³/mol. The minimum atomic E-state index is -0.361. The second-order valence-electron chi connectivity index (χ2n) is 4.92. The molecule has 0 saturated carbocycles. The molecule has 1 N–H and O–H groups in total. The molecule has 0 aliphatic carbocycles. The summed E-state index contributed by atoms with van der Waals surface area (Å²) in [5.41, 5.74) is 0.881. The fourth-order valence-electron chi connectivity index (χ4n) is 1.88. The first-order chi connectivity index (χ1) is 9.60. The molecule has 0 fully saturated rings. The van der Waals surface area contributed by atoms with Gasteiger partial charge in [-0.25, -0.2) is 9.37 Å². The van der Waals surface area contributed by atoms with Gasteiger partial charge in [0.15, 0.2) is 0 Å². The summed E-state index contributed by atoms with van der Waals surface area (Å²) in [7, 11) is 0. The van der Waals surface area contributed by atoms with Crippen LogP contribution in [0.1, 0.15) is 30.8 Å².